The van der Waals surface area contributed by atoms with Crippen molar-refractivity contribution in [3.05, 3.63) is 35.4 Å². The Morgan fingerprint density at radius 3 is 2.77 bits per heavy atom. The Bertz CT molecular complexity index is 617. The predicted molar refractivity (Wildman–Crippen MR) is 106 cm³/mol. The number of carbonyl (C=O) groups is 2. The normalized spacial score (nSPS) is 22.6. The number of aryl methyl sites for hydroxylation is 1. The third-order valence-corrected chi connectivity index (χ3v) is 5.38. The molecule has 0 saturated carbocycles. The number of benzene rings is 1. The van der Waals surface area contributed by atoms with Crippen molar-refractivity contribution in [1.29, 1.82) is 0 Å². The molecule has 144 valence electrons. The lowest BCUT2D eigenvalue weighted by molar-refractivity contribution is -0.123. The van der Waals surface area contributed by atoms with Crippen LogP contribution in [-0.4, -0.2) is 48.9 Å². The predicted octanol–water partition coefficient (Wildman–Crippen LogP) is 2.39. The second kappa shape index (κ2) is 9.93. The fourth-order valence-electron chi connectivity index (χ4n) is 3.90. The van der Waals surface area contributed by atoms with Gasteiger partial charge in [0.1, 0.15) is 0 Å². The lowest BCUT2D eigenvalue weighted by Crippen LogP contribution is -2.46. The number of hydrogen-bond donors (Lipinski definition) is 2. The average molecular weight is 380 g/mol. The molecule has 5 nitrogen and oxygen atoms in total. The van der Waals surface area contributed by atoms with Gasteiger partial charge in [-0.1, -0.05) is 25.1 Å². The summed E-state index contributed by atoms with van der Waals surface area (Å²) >= 11 is 0. The van der Waals surface area contributed by atoms with Gasteiger partial charge < -0.3 is 15.5 Å². The van der Waals surface area contributed by atoms with Crippen LogP contribution in [0.2, 0.25) is 0 Å². The number of halogens is 1. The molecule has 2 aliphatic rings. The van der Waals surface area contributed by atoms with Crippen molar-refractivity contribution in [3.8, 4) is 0 Å². The standard InChI is InChI=1S/C20H29N3O2.ClH/c1-2-16-8-3-4-9-17(16)20(25)23-12-6-7-15(14-23)13-22-19(24)18-10-5-11-21-18;/h3-4,8-9,15,18,21H,2,5-7,10-14H2,1H3,(H,22,24);1H. The zero-order valence-electron chi connectivity index (χ0n) is 15.5. The van der Waals surface area contributed by atoms with Gasteiger partial charge in [0.15, 0.2) is 0 Å². The Morgan fingerprint density at radius 1 is 1.23 bits per heavy atom. The van der Waals surface area contributed by atoms with Crippen LogP contribution in [-0.2, 0) is 11.2 Å². The molecule has 1 aromatic rings. The maximum absolute atomic E-state index is 12.9. The molecule has 2 amide bonds. The highest BCUT2D eigenvalue weighted by Gasteiger charge is 2.27. The number of nitrogens with one attached hydrogen (secondary N) is 2. The molecule has 2 fully saturated rings. The molecule has 0 spiro atoms. The molecule has 0 radical (unpaired) electrons. The number of hydrogen-bond acceptors (Lipinski definition) is 3. The van der Waals surface area contributed by atoms with Crippen LogP contribution in [0.15, 0.2) is 24.3 Å². The minimum absolute atomic E-state index is 0. The van der Waals surface area contributed by atoms with E-state index < -0.39 is 0 Å². The molecule has 2 atom stereocenters. The Hall–Kier alpha value is -1.59. The molecule has 3 rings (SSSR count). The summed E-state index contributed by atoms with van der Waals surface area (Å²) in [5.74, 6) is 0.583. The fraction of sp³-hybridized carbons (Fsp3) is 0.600. The Kier molecular flexibility index (Phi) is 7.91. The van der Waals surface area contributed by atoms with Crippen molar-refractivity contribution in [2.45, 2.75) is 45.1 Å². The smallest absolute Gasteiger partial charge is 0.254 e. The average Bonchev–Trinajstić information content (AvgIpc) is 3.20. The summed E-state index contributed by atoms with van der Waals surface area (Å²) in [5.41, 5.74) is 1.93. The minimum atomic E-state index is -0.0299. The first-order valence-corrected chi connectivity index (χ1v) is 9.57. The zero-order valence-corrected chi connectivity index (χ0v) is 16.3. The van der Waals surface area contributed by atoms with Crippen LogP contribution in [0.3, 0.4) is 0 Å². The number of nitrogens with zero attached hydrogens (tertiary/aromatic N) is 1. The molecule has 2 heterocycles. The summed E-state index contributed by atoms with van der Waals surface area (Å²) in [4.78, 5) is 27.0. The van der Waals surface area contributed by atoms with Gasteiger partial charge in [-0.3, -0.25) is 9.59 Å². The zero-order chi connectivity index (χ0) is 17.6. The molecule has 2 unspecified atom stereocenters. The van der Waals surface area contributed by atoms with Gasteiger partial charge in [-0.05, 0) is 56.2 Å². The van der Waals surface area contributed by atoms with E-state index >= 15 is 0 Å². The van der Waals surface area contributed by atoms with Crippen LogP contribution in [0.1, 0.15) is 48.5 Å². The van der Waals surface area contributed by atoms with Crippen LogP contribution >= 0.6 is 12.4 Å². The number of piperidine rings is 1. The van der Waals surface area contributed by atoms with E-state index in [2.05, 4.69) is 17.6 Å². The van der Waals surface area contributed by atoms with Gasteiger partial charge in [-0.25, -0.2) is 0 Å². The molecule has 26 heavy (non-hydrogen) atoms. The van der Waals surface area contributed by atoms with Gasteiger partial charge in [-0.15, -0.1) is 12.4 Å². The second-order valence-corrected chi connectivity index (χ2v) is 7.16. The largest absolute Gasteiger partial charge is 0.354 e. The van der Waals surface area contributed by atoms with Crippen molar-refractivity contribution in [1.82, 2.24) is 15.5 Å². The number of likely N-dealkylation sites (tertiary alicyclic amines) is 1. The third kappa shape index (κ3) is 4.98. The fourth-order valence-corrected chi connectivity index (χ4v) is 3.90. The van der Waals surface area contributed by atoms with Crippen molar-refractivity contribution in [2.24, 2.45) is 5.92 Å². The molecule has 2 saturated heterocycles. The van der Waals surface area contributed by atoms with Gasteiger partial charge in [0, 0.05) is 25.2 Å². The lowest BCUT2D eigenvalue weighted by atomic mass is 9.96. The maximum atomic E-state index is 12.9. The highest BCUT2D eigenvalue weighted by molar-refractivity contribution is 5.95. The number of rotatable bonds is 5. The topological polar surface area (TPSA) is 61.4 Å². The van der Waals surface area contributed by atoms with Gasteiger partial charge in [0.2, 0.25) is 5.91 Å². The minimum Gasteiger partial charge on any atom is -0.354 e. The molecule has 2 aliphatic heterocycles. The quantitative estimate of drug-likeness (QED) is 0.825. The molecule has 0 bridgehead atoms. The molecule has 0 aliphatic carbocycles. The van der Waals surface area contributed by atoms with E-state index in [1.807, 2.05) is 29.2 Å². The molecule has 0 aromatic heterocycles. The van der Waals surface area contributed by atoms with E-state index in [0.29, 0.717) is 12.5 Å². The summed E-state index contributed by atoms with van der Waals surface area (Å²) in [5, 5.41) is 6.31. The van der Waals surface area contributed by atoms with Crippen molar-refractivity contribution in [3.63, 3.8) is 0 Å². The first-order valence-electron chi connectivity index (χ1n) is 9.57. The summed E-state index contributed by atoms with van der Waals surface area (Å²) in [7, 11) is 0. The van der Waals surface area contributed by atoms with Gasteiger partial charge in [-0.2, -0.15) is 0 Å². The van der Waals surface area contributed by atoms with E-state index in [1.165, 1.54) is 0 Å². The lowest BCUT2D eigenvalue weighted by Gasteiger charge is -2.33. The summed E-state index contributed by atoms with van der Waals surface area (Å²) in [6.07, 6.45) is 4.93. The van der Waals surface area contributed by atoms with Gasteiger partial charge >= 0.3 is 0 Å². The molecular weight excluding hydrogens is 350 g/mol. The van der Waals surface area contributed by atoms with E-state index in [4.69, 9.17) is 0 Å². The van der Waals surface area contributed by atoms with Crippen LogP contribution in [0, 0.1) is 5.92 Å². The van der Waals surface area contributed by atoms with Crippen LogP contribution in [0.5, 0.6) is 0 Å². The third-order valence-electron chi connectivity index (χ3n) is 5.38. The summed E-state index contributed by atoms with van der Waals surface area (Å²) < 4.78 is 0. The van der Waals surface area contributed by atoms with Gasteiger partial charge in [0.05, 0.1) is 6.04 Å². The highest BCUT2D eigenvalue weighted by Crippen LogP contribution is 2.20. The van der Waals surface area contributed by atoms with E-state index in [9.17, 15) is 9.59 Å². The molecule has 1 aromatic carbocycles. The van der Waals surface area contributed by atoms with Crippen molar-refractivity contribution in [2.75, 3.05) is 26.2 Å². The number of carbonyl (C=O) groups excluding carboxylic acids is 2. The first kappa shape index (κ1) is 20.7. The summed E-state index contributed by atoms with van der Waals surface area (Å²) in [6.45, 7) is 5.22. The highest BCUT2D eigenvalue weighted by atomic mass is 35.5. The SMILES string of the molecule is CCc1ccccc1C(=O)N1CCCC(CNC(=O)C2CCCN2)C1.Cl. The maximum Gasteiger partial charge on any atom is 0.254 e. The van der Waals surface area contributed by atoms with Gasteiger partial charge in [0.25, 0.3) is 5.91 Å². The molecule has 2 N–H and O–H groups in total. The Labute approximate surface area is 162 Å². The van der Waals surface area contributed by atoms with Crippen molar-refractivity contribution < 1.29 is 9.59 Å². The van der Waals surface area contributed by atoms with Crippen LogP contribution < -0.4 is 10.6 Å². The monoisotopic (exact) mass is 379 g/mol. The van der Waals surface area contributed by atoms with Crippen LogP contribution in [0.25, 0.3) is 0 Å². The Morgan fingerprint density at radius 2 is 2.04 bits per heavy atom. The van der Waals surface area contributed by atoms with E-state index in [1.54, 1.807) is 0 Å². The molecular formula is C20H30ClN3O2. The number of amides is 2. The second-order valence-electron chi connectivity index (χ2n) is 7.16. The first-order chi connectivity index (χ1) is 12.2. The van der Waals surface area contributed by atoms with E-state index in [0.717, 1.165) is 62.9 Å². The summed E-state index contributed by atoms with van der Waals surface area (Å²) in [6, 6.07) is 7.85. The Balaban J connectivity index is 0.00000243. The van der Waals surface area contributed by atoms with E-state index in [-0.39, 0.29) is 30.3 Å². The van der Waals surface area contributed by atoms with Crippen LogP contribution in [0.4, 0.5) is 0 Å². The van der Waals surface area contributed by atoms with Crippen molar-refractivity contribution >= 4 is 24.2 Å². The molecule has 6 heteroatoms.